The summed E-state index contributed by atoms with van der Waals surface area (Å²) in [4.78, 5) is 37.4. The van der Waals surface area contributed by atoms with Crippen LogP contribution in [0.15, 0.2) is 56.1 Å². The van der Waals surface area contributed by atoms with Crippen LogP contribution in [0.5, 0.6) is 0 Å². The first-order valence-electron chi connectivity index (χ1n) is 7.66. The molecule has 0 N–H and O–H groups in total. The summed E-state index contributed by atoms with van der Waals surface area (Å²) < 4.78 is 6.44. The van der Waals surface area contributed by atoms with E-state index < -0.39 is 16.9 Å². The smallest absolute Gasteiger partial charge is 0.290 e. The Kier molecular flexibility index (Phi) is 3.66. The number of nitro benzene ring substituents is 1. The van der Waals surface area contributed by atoms with Crippen molar-refractivity contribution in [2.75, 3.05) is 7.05 Å². The van der Waals surface area contributed by atoms with Crippen LogP contribution < -0.4 is 5.43 Å². The molecule has 0 saturated carbocycles. The Morgan fingerprint density at radius 1 is 1.15 bits per heavy atom. The number of fused-ring (bicyclic) bond motifs is 2. The number of carbonyl (C=O) groups excluding carboxylic acids is 1. The molecule has 1 aromatic heterocycles. The Labute approximate surface area is 155 Å². The number of nitro groups is 1. The fourth-order valence-electron chi connectivity index (χ4n) is 3.23. The first kappa shape index (κ1) is 16.5. The molecule has 7 nitrogen and oxygen atoms in total. The zero-order chi connectivity index (χ0) is 18.6. The van der Waals surface area contributed by atoms with Crippen LogP contribution in [0.25, 0.3) is 11.0 Å². The third-order valence-corrected chi connectivity index (χ3v) is 4.98. The number of non-ortho nitro benzene ring substituents is 1. The predicted octanol–water partition coefficient (Wildman–Crippen LogP) is 3.64. The van der Waals surface area contributed by atoms with Gasteiger partial charge in [-0.1, -0.05) is 15.9 Å². The van der Waals surface area contributed by atoms with Gasteiger partial charge >= 0.3 is 0 Å². The number of rotatable bonds is 2. The lowest BCUT2D eigenvalue weighted by molar-refractivity contribution is -0.384. The third kappa shape index (κ3) is 2.33. The van der Waals surface area contributed by atoms with Gasteiger partial charge in [-0.05, 0) is 35.9 Å². The zero-order valence-electron chi connectivity index (χ0n) is 13.4. The van der Waals surface area contributed by atoms with Crippen molar-refractivity contribution in [2.24, 2.45) is 0 Å². The summed E-state index contributed by atoms with van der Waals surface area (Å²) in [6, 6.07) is 10.2. The summed E-state index contributed by atoms with van der Waals surface area (Å²) in [5.41, 5.74) is 0.839. The van der Waals surface area contributed by atoms with Crippen molar-refractivity contribution in [3.63, 3.8) is 0 Å². The Hall–Kier alpha value is -3.00. The van der Waals surface area contributed by atoms with Gasteiger partial charge in [-0.15, -0.1) is 0 Å². The maximum absolute atomic E-state index is 13.1. The van der Waals surface area contributed by atoms with E-state index in [0.29, 0.717) is 16.5 Å². The molecule has 1 atom stereocenters. The van der Waals surface area contributed by atoms with E-state index in [9.17, 15) is 19.7 Å². The highest BCUT2D eigenvalue weighted by atomic mass is 79.9. The Morgan fingerprint density at radius 2 is 1.85 bits per heavy atom. The predicted molar refractivity (Wildman–Crippen MR) is 97.2 cm³/mol. The van der Waals surface area contributed by atoms with Gasteiger partial charge in [-0.3, -0.25) is 19.7 Å². The van der Waals surface area contributed by atoms with E-state index in [2.05, 4.69) is 15.9 Å². The molecule has 3 aromatic rings. The van der Waals surface area contributed by atoms with Gasteiger partial charge < -0.3 is 9.32 Å². The van der Waals surface area contributed by atoms with E-state index in [4.69, 9.17) is 4.42 Å². The summed E-state index contributed by atoms with van der Waals surface area (Å²) in [6.07, 6.45) is 0. The van der Waals surface area contributed by atoms with Gasteiger partial charge in [-0.2, -0.15) is 0 Å². The first-order valence-corrected chi connectivity index (χ1v) is 8.45. The van der Waals surface area contributed by atoms with Crippen LogP contribution in [-0.2, 0) is 0 Å². The van der Waals surface area contributed by atoms with Crippen LogP contribution in [0.3, 0.4) is 0 Å². The number of hydrogen-bond acceptors (Lipinski definition) is 5. The molecular weight excluding hydrogens is 404 g/mol. The van der Waals surface area contributed by atoms with Crippen molar-refractivity contribution >= 4 is 38.5 Å². The normalized spacial score (nSPS) is 16.2. The minimum absolute atomic E-state index is 0.00988. The molecular formula is C18H11BrN2O5. The molecule has 2 heterocycles. The number of carbonyl (C=O) groups is 1. The molecule has 0 spiro atoms. The second-order valence-corrected chi connectivity index (χ2v) is 6.90. The molecule has 0 radical (unpaired) electrons. The highest BCUT2D eigenvalue weighted by Gasteiger charge is 2.40. The van der Waals surface area contributed by atoms with E-state index >= 15 is 0 Å². The number of amides is 1. The molecule has 0 aliphatic carbocycles. The lowest BCUT2D eigenvalue weighted by Gasteiger charge is -2.20. The molecule has 1 aliphatic heterocycles. The number of halogens is 1. The van der Waals surface area contributed by atoms with Gasteiger partial charge in [0, 0.05) is 23.7 Å². The van der Waals surface area contributed by atoms with Crippen LogP contribution >= 0.6 is 15.9 Å². The molecule has 4 rings (SSSR count). The standard InChI is InChI=1S/C18H11BrN2O5/c1-20-15(9-2-5-11(6-3-9)21(24)25)14-16(22)12-8-10(19)4-7-13(12)26-17(14)18(20)23/h2-8,15H,1H3. The maximum Gasteiger partial charge on any atom is 0.290 e. The van der Waals surface area contributed by atoms with E-state index in [1.165, 1.54) is 17.0 Å². The van der Waals surface area contributed by atoms with Gasteiger partial charge in [0.2, 0.25) is 5.76 Å². The number of nitrogens with zero attached hydrogens (tertiary/aromatic N) is 2. The average Bonchev–Trinajstić information content (AvgIpc) is 2.87. The molecule has 2 aromatic carbocycles. The minimum Gasteiger partial charge on any atom is -0.450 e. The Morgan fingerprint density at radius 3 is 2.50 bits per heavy atom. The Balaban J connectivity index is 1.96. The fourth-order valence-corrected chi connectivity index (χ4v) is 3.59. The zero-order valence-corrected chi connectivity index (χ0v) is 15.0. The molecule has 0 saturated heterocycles. The summed E-state index contributed by atoms with van der Waals surface area (Å²) >= 11 is 3.33. The average molecular weight is 415 g/mol. The summed E-state index contributed by atoms with van der Waals surface area (Å²) in [5, 5.41) is 11.2. The highest BCUT2D eigenvalue weighted by Crippen LogP contribution is 2.37. The van der Waals surface area contributed by atoms with Gasteiger partial charge in [0.15, 0.2) is 5.43 Å². The lowest BCUT2D eigenvalue weighted by atomic mass is 9.98. The maximum atomic E-state index is 13.1. The fraction of sp³-hybridized carbons (Fsp3) is 0.111. The van der Waals surface area contributed by atoms with Crippen LogP contribution in [0.2, 0.25) is 0 Å². The molecule has 1 amide bonds. The van der Waals surface area contributed by atoms with E-state index in [0.717, 1.165) is 4.47 Å². The van der Waals surface area contributed by atoms with E-state index in [1.807, 2.05) is 0 Å². The molecule has 0 fully saturated rings. The van der Waals surface area contributed by atoms with E-state index in [1.54, 1.807) is 37.4 Å². The largest absolute Gasteiger partial charge is 0.450 e. The molecule has 1 unspecified atom stereocenters. The molecule has 26 heavy (non-hydrogen) atoms. The van der Waals surface area contributed by atoms with Crippen LogP contribution in [0.4, 0.5) is 5.69 Å². The number of hydrogen-bond donors (Lipinski definition) is 0. The van der Waals surface area contributed by atoms with Crippen LogP contribution in [0, 0.1) is 10.1 Å². The van der Waals surface area contributed by atoms with Crippen molar-refractivity contribution in [2.45, 2.75) is 6.04 Å². The van der Waals surface area contributed by atoms with Gasteiger partial charge in [0.05, 0.1) is 21.9 Å². The van der Waals surface area contributed by atoms with Gasteiger partial charge in [0.25, 0.3) is 11.6 Å². The molecule has 1 aliphatic rings. The lowest BCUT2D eigenvalue weighted by Crippen LogP contribution is -2.25. The van der Waals surface area contributed by atoms with Crippen molar-refractivity contribution in [1.29, 1.82) is 0 Å². The second-order valence-electron chi connectivity index (χ2n) is 5.98. The molecule has 0 bridgehead atoms. The van der Waals surface area contributed by atoms with Crippen molar-refractivity contribution in [3.8, 4) is 0 Å². The summed E-state index contributed by atoms with van der Waals surface area (Å²) in [5.74, 6) is -0.388. The van der Waals surface area contributed by atoms with Gasteiger partial charge in [-0.25, -0.2) is 0 Å². The SMILES string of the molecule is CN1C(=O)c2oc3ccc(Br)cc3c(=O)c2C1c1ccc([N+](=O)[O-])cc1. The quantitative estimate of drug-likeness (QED) is 0.471. The second kappa shape index (κ2) is 5.77. The van der Waals surface area contributed by atoms with Crippen molar-refractivity contribution in [1.82, 2.24) is 4.90 Å². The topological polar surface area (TPSA) is 93.7 Å². The molecule has 130 valence electrons. The van der Waals surface area contributed by atoms with Gasteiger partial charge in [0.1, 0.15) is 5.58 Å². The minimum atomic E-state index is -0.655. The van der Waals surface area contributed by atoms with Crippen LogP contribution in [0.1, 0.15) is 27.7 Å². The Bertz CT molecular complexity index is 1140. The monoisotopic (exact) mass is 414 g/mol. The van der Waals surface area contributed by atoms with Crippen molar-refractivity contribution < 1.29 is 14.1 Å². The molecule has 8 heteroatoms. The first-order chi connectivity index (χ1) is 12.4. The van der Waals surface area contributed by atoms with E-state index in [-0.39, 0.29) is 22.4 Å². The summed E-state index contributed by atoms with van der Waals surface area (Å²) in [6.45, 7) is 0. The van der Waals surface area contributed by atoms with Crippen LogP contribution in [-0.4, -0.2) is 22.8 Å². The number of benzene rings is 2. The summed E-state index contributed by atoms with van der Waals surface area (Å²) in [7, 11) is 1.57. The van der Waals surface area contributed by atoms with Crippen molar-refractivity contribution in [3.05, 3.63) is 84.2 Å². The highest BCUT2D eigenvalue weighted by molar-refractivity contribution is 9.10. The third-order valence-electron chi connectivity index (χ3n) is 4.48.